The Labute approximate surface area is 125 Å². The molecule has 2 rings (SSSR count). The maximum absolute atomic E-state index is 5.65. The summed E-state index contributed by atoms with van der Waals surface area (Å²) < 4.78 is 3.25. The van der Waals surface area contributed by atoms with E-state index in [-0.39, 0.29) is 6.04 Å². The van der Waals surface area contributed by atoms with Gasteiger partial charge in [0.1, 0.15) is 0 Å². The first-order valence-electron chi connectivity index (χ1n) is 5.84. The molecule has 1 unspecified atom stereocenters. The van der Waals surface area contributed by atoms with E-state index >= 15 is 0 Å². The van der Waals surface area contributed by atoms with Crippen LogP contribution in [0.2, 0.25) is 0 Å². The molecule has 0 spiro atoms. The second kappa shape index (κ2) is 6.14. The highest BCUT2D eigenvalue weighted by Gasteiger charge is 2.14. The van der Waals surface area contributed by atoms with Gasteiger partial charge in [-0.2, -0.15) is 5.10 Å². The lowest BCUT2D eigenvalue weighted by atomic mass is 10.1. The third-order valence-electron chi connectivity index (χ3n) is 2.80. The Morgan fingerprint density at radius 2 is 2.33 bits per heavy atom. The number of hydrogen-bond donors (Lipinski definition) is 2. The molecule has 0 aliphatic heterocycles. The van der Waals surface area contributed by atoms with Gasteiger partial charge in [-0.1, -0.05) is 0 Å². The highest BCUT2D eigenvalue weighted by molar-refractivity contribution is 14.1. The van der Waals surface area contributed by atoms with E-state index in [1.54, 1.807) is 11.3 Å². The molecule has 1 atom stereocenters. The first-order chi connectivity index (χ1) is 8.60. The molecule has 18 heavy (non-hydrogen) atoms. The largest absolute Gasteiger partial charge is 0.271 e. The second-order valence-corrected chi connectivity index (χ2v) is 7.29. The molecule has 6 heteroatoms. The normalized spacial score (nSPS) is 13.2. The van der Waals surface area contributed by atoms with Crippen molar-refractivity contribution in [3.8, 4) is 0 Å². The van der Waals surface area contributed by atoms with Gasteiger partial charge in [-0.15, -0.1) is 11.3 Å². The van der Waals surface area contributed by atoms with E-state index in [0.29, 0.717) is 6.04 Å². The molecule has 0 aliphatic rings. The Kier molecular flexibility index (Phi) is 4.77. The van der Waals surface area contributed by atoms with Crippen LogP contribution in [0.1, 0.15) is 37.2 Å². The SMILES string of the molecule is CC(C)n1ccc(CC(NN)c2csc(I)c2)n1. The van der Waals surface area contributed by atoms with E-state index in [9.17, 15) is 0 Å². The van der Waals surface area contributed by atoms with Crippen LogP contribution in [0.25, 0.3) is 0 Å². The molecule has 0 radical (unpaired) electrons. The van der Waals surface area contributed by atoms with Gasteiger partial charge in [0, 0.05) is 18.7 Å². The molecule has 98 valence electrons. The van der Waals surface area contributed by atoms with Crippen molar-refractivity contribution in [1.82, 2.24) is 15.2 Å². The van der Waals surface area contributed by atoms with E-state index in [1.165, 1.54) is 8.45 Å². The topological polar surface area (TPSA) is 55.9 Å². The minimum absolute atomic E-state index is 0.125. The number of halogens is 1. The van der Waals surface area contributed by atoms with Gasteiger partial charge in [0.15, 0.2) is 0 Å². The molecule has 2 aromatic rings. The van der Waals surface area contributed by atoms with Gasteiger partial charge < -0.3 is 0 Å². The van der Waals surface area contributed by atoms with Crippen LogP contribution in [0.15, 0.2) is 23.7 Å². The van der Waals surface area contributed by atoms with Crippen molar-refractivity contribution in [3.05, 3.63) is 37.9 Å². The number of hydrogen-bond acceptors (Lipinski definition) is 4. The summed E-state index contributed by atoms with van der Waals surface area (Å²) in [6, 6.07) is 4.74. The Morgan fingerprint density at radius 3 is 2.83 bits per heavy atom. The smallest absolute Gasteiger partial charge is 0.0656 e. The zero-order valence-electron chi connectivity index (χ0n) is 10.4. The lowest BCUT2D eigenvalue weighted by Gasteiger charge is -2.13. The van der Waals surface area contributed by atoms with Gasteiger partial charge in [0.2, 0.25) is 0 Å². The summed E-state index contributed by atoms with van der Waals surface area (Å²) >= 11 is 4.06. The van der Waals surface area contributed by atoms with Gasteiger partial charge >= 0.3 is 0 Å². The number of hydrazine groups is 1. The fourth-order valence-electron chi connectivity index (χ4n) is 1.76. The third-order valence-corrected chi connectivity index (χ3v) is 4.60. The molecule has 4 nitrogen and oxygen atoms in total. The monoisotopic (exact) mass is 376 g/mol. The van der Waals surface area contributed by atoms with Crippen molar-refractivity contribution >= 4 is 33.9 Å². The number of nitrogens with two attached hydrogens (primary N) is 1. The third kappa shape index (κ3) is 3.31. The summed E-state index contributed by atoms with van der Waals surface area (Å²) in [5.74, 6) is 5.65. The molecular formula is C12H17IN4S. The molecule has 0 saturated carbocycles. The molecule has 0 saturated heterocycles. The molecule has 0 bridgehead atoms. The average molecular weight is 376 g/mol. The van der Waals surface area contributed by atoms with Crippen LogP contribution >= 0.6 is 33.9 Å². The molecular weight excluding hydrogens is 359 g/mol. The van der Waals surface area contributed by atoms with E-state index in [4.69, 9.17) is 5.84 Å². The van der Waals surface area contributed by atoms with Crippen LogP contribution < -0.4 is 11.3 Å². The number of nitrogens with zero attached hydrogens (tertiary/aromatic N) is 2. The molecule has 0 aliphatic carbocycles. The van der Waals surface area contributed by atoms with E-state index in [2.05, 4.69) is 64.5 Å². The predicted octanol–water partition coefficient (Wildman–Crippen LogP) is 2.88. The van der Waals surface area contributed by atoms with Crippen molar-refractivity contribution in [1.29, 1.82) is 0 Å². The van der Waals surface area contributed by atoms with Crippen LogP contribution in [-0.4, -0.2) is 9.78 Å². The minimum Gasteiger partial charge on any atom is -0.271 e. The quantitative estimate of drug-likeness (QED) is 0.479. The Hall–Kier alpha value is -0.440. The van der Waals surface area contributed by atoms with Gasteiger partial charge in [-0.3, -0.25) is 16.0 Å². The number of thiophene rings is 1. The van der Waals surface area contributed by atoms with E-state index in [1.807, 2.05) is 10.9 Å². The maximum atomic E-state index is 5.65. The first kappa shape index (κ1) is 14.0. The highest BCUT2D eigenvalue weighted by atomic mass is 127. The van der Waals surface area contributed by atoms with Crippen LogP contribution in [-0.2, 0) is 6.42 Å². The fourth-order valence-corrected chi connectivity index (χ4v) is 3.19. The van der Waals surface area contributed by atoms with E-state index < -0.39 is 0 Å². The lowest BCUT2D eigenvalue weighted by molar-refractivity contribution is 0.507. The van der Waals surface area contributed by atoms with Crippen LogP contribution in [0.4, 0.5) is 0 Å². The summed E-state index contributed by atoms with van der Waals surface area (Å²) in [5, 5.41) is 6.70. The zero-order valence-corrected chi connectivity index (χ0v) is 13.4. The summed E-state index contributed by atoms with van der Waals surface area (Å²) in [5.41, 5.74) is 5.16. The summed E-state index contributed by atoms with van der Waals surface area (Å²) in [6.07, 6.45) is 2.83. The van der Waals surface area contributed by atoms with Crippen LogP contribution in [0.3, 0.4) is 0 Å². The van der Waals surface area contributed by atoms with Gasteiger partial charge in [-0.25, -0.2) is 0 Å². The summed E-state index contributed by atoms with van der Waals surface area (Å²) in [6.45, 7) is 4.24. The van der Waals surface area contributed by atoms with Crippen molar-refractivity contribution in [2.45, 2.75) is 32.4 Å². The molecule has 0 amide bonds. The average Bonchev–Trinajstić information content (AvgIpc) is 2.94. The zero-order chi connectivity index (χ0) is 13.1. The minimum atomic E-state index is 0.125. The standard InChI is InChI=1S/C12H17IN4S/c1-8(2)17-4-3-10(16-17)6-11(15-14)9-5-12(13)18-7-9/h3-5,7-8,11,15H,6,14H2,1-2H3. The highest BCUT2D eigenvalue weighted by Crippen LogP contribution is 2.24. The molecule has 0 fully saturated rings. The molecule has 3 N–H and O–H groups in total. The summed E-state index contributed by atoms with van der Waals surface area (Å²) in [7, 11) is 0. The van der Waals surface area contributed by atoms with Crippen molar-refractivity contribution in [2.75, 3.05) is 0 Å². The Balaban J connectivity index is 2.10. The maximum Gasteiger partial charge on any atom is 0.0656 e. The van der Waals surface area contributed by atoms with Crippen LogP contribution in [0.5, 0.6) is 0 Å². The molecule has 0 aromatic carbocycles. The first-order valence-corrected chi connectivity index (χ1v) is 7.80. The number of nitrogens with one attached hydrogen (secondary N) is 1. The van der Waals surface area contributed by atoms with Crippen molar-refractivity contribution in [3.63, 3.8) is 0 Å². The number of rotatable bonds is 5. The van der Waals surface area contributed by atoms with Gasteiger partial charge in [-0.05, 0) is 59.5 Å². The van der Waals surface area contributed by atoms with Gasteiger partial charge in [0.05, 0.1) is 14.6 Å². The predicted molar refractivity (Wildman–Crippen MR) is 83.4 cm³/mol. The summed E-state index contributed by atoms with van der Waals surface area (Å²) in [4.78, 5) is 0. The van der Waals surface area contributed by atoms with Crippen molar-refractivity contribution in [2.24, 2.45) is 5.84 Å². The van der Waals surface area contributed by atoms with Gasteiger partial charge in [0.25, 0.3) is 0 Å². The number of aromatic nitrogens is 2. The van der Waals surface area contributed by atoms with Crippen LogP contribution in [0, 0.1) is 2.88 Å². The fraction of sp³-hybridized carbons (Fsp3) is 0.417. The molecule has 2 aromatic heterocycles. The lowest BCUT2D eigenvalue weighted by Crippen LogP contribution is -2.29. The van der Waals surface area contributed by atoms with Crippen molar-refractivity contribution < 1.29 is 0 Å². The second-order valence-electron chi connectivity index (χ2n) is 4.49. The Bertz CT molecular complexity index is 506. The van der Waals surface area contributed by atoms with E-state index in [0.717, 1.165) is 12.1 Å². The molecule has 2 heterocycles. The Morgan fingerprint density at radius 1 is 1.56 bits per heavy atom.